The number of aliphatic hydroxyl groups is 1. The van der Waals surface area contributed by atoms with Crippen molar-refractivity contribution in [2.45, 2.75) is 58.2 Å². The zero-order valence-corrected chi connectivity index (χ0v) is 17.4. The first kappa shape index (κ1) is 19.3. The normalized spacial score (nSPS) is 24.2. The van der Waals surface area contributed by atoms with Crippen molar-refractivity contribution >= 4 is 16.9 Å². The minimum Gasteiger partial charge on any atom is -0.392 e. The van der Waals surface area contributed by atoms with Crippen molar-refractivity contribution in [2.24, 2.45) is 0 Å². The molecule has 1 aromatic heterocycles. The number of nitrogens with one attached hydrogen (secondary N) is 2. The van der Waals surface area contributed by atoms with Crippen LogP contribution in [-0.4, -0.2) is 64.7 Å². The van der Waals surface area contributed by atoms with E-state index in [4.69, 9.17) is 0 Å². The zero-order valence-electron chi connectivity index (χ0n) is 17.4. The van der Waals surface area contributed by atoms with Crippen LogP contribution in [-0.2, 0) is 13.0 Å². The smallest absolute Gasteiger partial charge is 0.317 e. The fourth-order valence-electron chi connectivity index (χ4n) is 5.32. The van der Waals surface area contributed by atoms with Gasteiger partial charge >= 0.3 is 6.03 Å². The SMILES string of the molecule is CCN(CC)C(=O)N[C@H]1CC2c3cc(CO)cc4[nH]c(C)c(c34)C[C@H]2N(C)C1. The van der Waals surface area contributed by atoms with Crippen LogP contribution in [0.25, 0.3) is 10.9 Å². The molecule has 4 rings (SSSR count). The lowest BCUT2D eigenvalue weighted by atomic mass is 9.73. The molecule has 0 bridgehead atoms. The summed E-state index contributed by atoms with van der Waals surface area (Å²) in [4.78, 5) is 20.4. The van der Waals surface area contributed by atoms with Gasteiger partial charge in [0, 0.05) is 54.2 Å². The Balaban J connectivity index is 1.68. The topological polar surface area (TPSA) is 71.6 Å². The number of H-pyrrole nitrogens is 1. The van der Waals surface area contributed by atoms with E-state index in [-0.39, 0.29) is 18.7 Å². The average molecular weight is 385 g/mol. The highest BCUT2D eigenvalue weighted by Gasteiger charge is 2.40. The number of piperidine rings is 1. The van der Waals surface area contributed by atoms with E-state index < -0.39 is 0 Å². The molecule has 0 spiro atoms. The molecule has 1 unspecified atom stereocenters. The predicted molar refractivity (Wildman–Crippen MR) is 112 cm³/mol. The largest absolute Gasteiger partial charge is 0.392 e. The zero-order chi connectivity index (χ0) is 20.0. The maximum Gasteiger partial charge on any atom is 0.317 e. The second-order valence-electron chi connectivity index (χ2n) is 8.37. The molecule has 2 heterocycles. The van der Waals surface area contributed by atoms with Crippen molar-refractivity contribution < 1.29 is 9.90 Å². The molecule has 2 amide bonds. The molecule has 0 saturated carbocycles. The number of carbonyl (C=O) groups excluding carboxylic acids is 1. The summed E-state index contributed by atoms with van der Waals surface area (Å²) in [6.45, 7) is 8.54. The van der Waals surface area contributed by atoms with Gasteiger partial charge in [0.1, 0.15) is 0 Å². The molecule has 0 radical (unpaired) electrons. The van der Waals surface area contributed by atoms with Crippen LogP contribution in [0, 0.1) is 6.92 Å². The van der Waals surface area contributed by atoms with Crippen molar-refractivity contribution in [1.82, 2.24) is 20.1 Å². The van der Waals surface area contributed by atoms with E-state index >= 15 is 0 Å². The quantitative estimate of drug-likeness (QED) is 0.759. The molecular formula is C22H32N4O2. The van der Waals surface area contributed by atoms with Crippen molar-refractivity contribution in [3.8, 4) is 0 Å². The van der Waals surface area contributed by atoms with E-state index in [1.54, 1.807) is 0 Å². The number of fused-ring (bicyclic) bond motifs is 2. The van der Waals surface area contributed by atoms with Gasteiger partial charge < -0.3 is 25.2 Å². The lowest BCUT2D eigenvalue weighted by molar-refractivity contribution is 0.124. The molecule has 6 heteroatoms. The van der Waals surface area contributed by atoms with Crippen LogP contribution < -0.4 is 5.32 Å². The predicted octanol–water partition coefficient (Wildman–Crippen LogP) is 2.73. The molecular weight excluding hydrogens is 352 g/mol. The monoisotopic (exact) mass is 384 g/mol. The van der Waals surface area contributed by atoms with Crippen LogP contribution in [0.2, 0.25) is 0 Å². The third-order valence-electron chi connectivity index (χ3n) is 6.76. The Hall–Kier alpha value is -2.05. The number of likely N-dealkylation sites (N-methyl/N-ethyl adjacent to an activating group) is 1. The number of amides is 2. The van der Waals surface area contributed by atoms with Crippen LogP contribution in [0.3, 0.4) is 0 Å². The summed E-state index contributed by atoms with van der Waals surface area (Å²) in [6.07, 6.45) is 1.98. The molecule has 6 nitrogen and oxygen atoms in total. The fourth-order valence-corrected chi connectivity index (χ4v) is 5.32. The Morgan fingerprint density at radius 1 is 1.36 bits per heavy atom. The number of urea groups is 1. The Labute approximate surface area is 166 Å². The summed E-state index contributed by atoms with van der Waals surface area (Å²) in [5.74, 6) is 0.359. The van der Waals surface area contributed by atoms with Gasteiger partial charge in [0.15, 0.2) is 0 Å². The van der Waals surface area contributed by atoms with Crippen molar-refractivity contribution in [1.29, 1.82) is 0 Å². The minimum absolute atomic E-state index is 0.0325. The van der Waals surface area contributed by atoms with Crippen LogP contribution >= 0.6 is 0 Å². The molecule has 3 N–H and O–H groups in total. The molecule has 2 aliphatic rings. The number of aromatic nitrogens is 1. The molecule has 2 aromatic rings. The summed E-state index contributed by atoms with van der Waals surface area (Å²) >= 11 is 0. The molecule has 28 heavy (non-hydrogen) atoms. The molecule has 1 aromatic carbocycles. The highest BCUT2D eigenvalue weighted by atomic mass is 16.3. The third-order valence-corrected chi connectivity index (χ3v) is 6.76. The standard InChI is InChI=1S/C22H32N4O2/c1-5-26(6-2)22(28)24-15-9-17-18-7-14(12-27)8-19-21(18)16(13(3)23-19)10-20(17)25(4)11-15/h7-8,15,17,20,23,27H,5-6,9-12H2,1-4H3,(H,24,28)/t15-,17?,20+/m0/s1. The van der Waals surface area contributed by atoms with Crippen LogP contribution in [0.5, 0.6) is 0 Å². The molecule has 3 atom stereocenters. The first-order valence-electron chi connectivity index (χ1n) is 10.5. The number of rotatable bonds is 4. The van der Waals surface area contributed by atoms with Gasteiger partial charge in [0.05, 0.1) is 6.61 Å². The summed E-state index contributed by atoms with van der Waals surface area (Å²) in [5, 5.41) is 14.4. The van der Waals surface area contributed by atoms with Gasteiger partial charge in [-0.25, -0.2) is 4.79 Å². The third kappa shape index (κ3) is 3.08. The number of aromatic amines is 1. The van der Waals surface area contributed by atoms with Crippen LogP contribution in [0.4, 0.5) is 4.79 Å². The van der Waals surface area contributed by atoms with E-state index in [0.29, 0.717) is 12.0 Å². The highest BCUT2D eigenvalue weighted by molar-refractivity contribution is 5.90. The summed E-state index contributed by atoms with van der Waals surface area (Å²) < 4.78 is 0. The highest BCUT2D eigenvalue weighted by Crippen LogP contribution is 2.44. The van der Waals surface area contributed by atoms with Gasteiger partial charge in [-0.3, -0.25) is 0 Å². The summed E-state index contributed by atoms with van der Waals surface area (Å²) in [7, 11) is 2.17. The number of hydrogen-bond donors (Lipinski definition) is 3. The van der Waals surface area contributed by atoms with Crippen LogP contribution in [0.15, 0.2) is 12.1 Å². The molecule has 1 saturated heterocycles. The van der Waals surface area contributed by atoms with Crippen molar-refractivity contribution in [2.75, 3.05) is 26.7 Å². The van der Waals surface area contributed by atoms with E-state index in [9.17, 15) is 9.90 Å². The Morgan fingerprint density at radius 2 is 2.11 bits per heavy atom. The number of carbonyl (C=O) groups is 1. The lowest BCUT2D eigenvalue weighted by Gasteiger charge is -2.46. The van der Waals surface area contributed by atoms with Crippen molar-refractivity contribution in [3.05, 3.63) is 34.5 Å². The van der Waals surface area contributed by atoms with Gasteiger partial charge in [-0.15, -0.1) is 0 Å². The number of aryl methyl sites for hydroxylation is 1. The first-order valence-corrected chi connectivity index (χ1v) is 10.5. The molecule has 1 aliphatic carbocycles. The lowest BCUT2D eigenvalue weighted by Crippen LogP contribution is -2.56. The van der Waals surface area contributed by atoms with Gasteiger partial charge in [-0.05, 0) is 63.4 Å². The number of nitrogens with zero attached hydrogens (tertiary/aromatic N) is 2. The molecule has 1 aliphatic heterocycles. The summed E-state index contributed by atoms with van der Waals surface area (Å²) in [6, 6.07) is 4.85. The number of hydrogen-bond acceptors (Lipinski definition) is 3. The van der Waals surface area contributed by atoms with Gasteiger partial charge in [-0.1, -0.05) is 6.07 Å². The minimum atomic E-state index is 0.0325. The second kappa shape index (κ2) is 7.41. The Morgan fingerprint density at radius 3 is 2.79 bits per heavy atom. The van der Waals surface area contributed by atoms with Crippen molar-refractivity contribution in [3.63, 3.8) is 0 Å². The van der Waals surface area contributed by atoms with Crippen LogP contribution in [0.1, 0.15) is 48.6 Å². The Bertz CT molecular complexity index is 886. The molecule has 152 valence electrons. The fraction of sp³-hybridized carbons (Fsp3) is 0.591. The molecule has 1 fully saturated rings. The number of likely N-dealkylation sites (tertiary alicyclic amines) is 1. The maximum atomic E-state index is 12.6. The van der Waals surface area contributed by atoms with E-state index in [0.717, 1.165) is 43.6 Å². The van der Waals surface area contributed by atoms with E-state index in [1.165, 1.54) is 22.2 Å². The van der Waals surface area contributed by atoms with E-state index in [1.807, 2.05) is 18.7 Å². The summed E-state index contributed by atoms with van der Waals surface area (Å²) in [5.41, 5.74) is 6.05. The second-order valence-corrected chi connectivity index (χ2v) is 8.37. The van der Waals surface area contributed by atoms with E-state index in [2.05, 4.69) is 41.3 Å². The van der Waals surface area contributed by atoms with Gasteiger partial charge in [0.25, 0.3) is 0 Å². The number of benzene rings is 1. The first-order chi connectivity index (χ1) is 13.5. The van der Waals surface area contributed by atoms with Gasteiger partial charge in [0.2, 0.25) is 0 Å². The number of aliphatic hydroxyl groups excluding tert-OH is 1. The van der Waals surface area contributed by atoms with Gasteiger partial charge in [-0.2, -0.15) is 0 Å². The average Bonchev–Trinajstić information content (AvgIpc) is 2.99. The Kier molecular flexibility index (Phi) is 5.10. The maximum absolute atomic E-state index is 12.6.